The Morgan fingerprint density at radius 1 is 0.939 bits per heavy atom. The van der Waals surface area contributed by atoms with Crippen LogP contribution in [0.4, 0.5) is 14.5 Å². The summed E-state index contributed by atoms with van der Waals surface area (Å²) in [5.74, 6) is -3.20. The number of nitrogens with zero attached hydrogens (tertiary/aromatic N) is 1. The summed E-state index contributed by atoms with van der Waals surface area (Å²) in [7, 11) is 2.81. The lowest BCUT2D eigenvalue weighted by molar-refractivity contribution is -0.132. The second kappa shape index (κ2) is 8.74. The minimum Gasteiger partial charge on any atom is -0.507 e. The van der Waals surface area contributed by atoms with Crippen LogP contribution in [0.15, 0.2) is 72.3 Å². The third-order valence-corrected chi connectivity index (χ3v) is 5.41. The fourth-order valence-electron chi connectivity index (χ4n) is 3.84. The van der Waals surface area contributed by atoms with E-state index >= 15 is 0 Å². The Morgan fingerprint density at radius 3 is 2.27 bits per heavy atom. The Balaban J connectivity index is 2.00. The molecule has 0 bridgehead atoms. The van der Waals surface area contributed by atoms with Crippen molar-refractivity contribution < 1.29 is 33.0 Å². The maximum atomic E-state index is 14.9. The monoisotopic (exact) mass is 451 g/mol. The van der Waals surface area contributed by atoms with Gasteiger partial charge < -0.3 is 14.6 Å². The molecule has 0 aromatic heterocycles. The van der Waals surface area contributed by atoms with E-state index in [-0.39, 0.29) is 28.1 Å². The zero-order chi connectivity index (χ0) is 23.7. The zero-order valence-corrected chi connectivity index (χ0v) is 17.7. The number of carbonyl (C=O) groups is 2. The Bertz CT molecular complexity index is 1270. The van der Waals surface area contributed by atoms with Gasteiger partial charge in [-0.3, -0.25) is 14.5 Å². The van der Waals surface area contributed by atoms with Crippen LogP contribution in [-0.2, 0) is 9.59 Å². The first-order valence-corrected chi connectivity index (χ1v) is 9.90. The van der Waals surface area contributed by atoms with E-state index in [0.717, 1.165) is 17.0 Å². The Hall–Kier alpha value is -4.20. The number of anilines is 1. The number of aliphatic hydroxyl groups excluding tert-OH is 1. The molecule has 1 amide bonds. The molecular weight excluding hydrogens is 432 g/mol. The number of carbonyl (C=O) groups excluding carboxylic acids is 2. The van der Waals surface area contributed by atoms with Crippen LogP contribution in [-0.4, -0.2) is 31.0 Å². The van der Waals surface area contributed by atoms with Gasteiger partial charge in [0, 0.05) is 11.3 Å². The SMILES string of the molecule is COc1ccc(OC)c(/C(O)=C2\C(=O)C(=O)N(c3ccc(F)cc3)C2c2ccccc2F)c1. The number of ether oxygens (including phenoxy) is 2. The van der Waals surface area contributed by atoms with E-state index in [1.54, 1.807) is 12.1 Å². The zero-order valence-electron chi connectivity index (χ0n) is 17.7. The maximum absolute atomic E-state index is 14.9. The minimum atomic E-state index is -1.30. The summed E-state index contributed by atoms with van der Waals surface area (Å²) >= 11 is 0. The predicted octanol–water partition coefficient (Wildman–Crippen LogP) is 4.61. The van der Waals surface area contributed by atoms with Gasteiger partial charge in [-0.15, -0.1) is 0 Å². The first kappa shape index (κ1) is 22.0. The molecule has 1 unspecified atom stereocenters. The van der Waals surface area contributed by atoms with Crippen molar-refractivity contribution in [3.63, 3.8) is 0 Å². The van der Waals surface area contributed by atoms with Crippen molar-refractivity contribution in [1.29, 1.82) is 0 Å². The first-order chi connectivity index (χ1) is 15.9. The number of ketones is 1. The Morgan fingerprint density at radius 2 is 1.64 bits per heavy atom. The summed E-state index contributed by atoms with van der Waals surface area (Å²) in [6.07, 6.45) is 0. The quantitative estimate of drug-likeness (QED) is 0.348. The topological polar surface area (TPSA) is 76.1 Å². The molecule has 1 fully saturated rings. The van der Waals surface area contributed by atoms with Crippen molar-refractivity contribution in [1.82, 2.24) is 0 Å². The number of hydrogen-bond donors (Lipinski definition) is 1. The number of rotatable bonds is 5. The molecule has 1 heterocycles. The van der Waals surface area contributed by atoms with Crippen molar-refractivity contribution in [2.24, 2.45) is 0 Å². The van der Waals surface area contributed by atoms with Gasteiger partial charge in [-0.1, -0.05) is 18.2 Å². The second-order valence-corrected chi connectivity index (χ2v) is 7.23. The number of methoxy groups -OCH3 is 2. The van der Waals surface area contributed by atoms with Crippen molar-refractivity contribution in [2.45, 2.75) is 6.04 Å². The summed E-state index contributed by atoms with van der Waals surface area (Å²) in [5, 5.41) is 11.2. The summed E-state index contributed by atoms with van der Waals surface area (Å²) < 4.78 is 38.9. The lowest BCUT2D eigenvalue weighted by Crippen LogP contribution is -2.29. The largest absolute Gasteiger partial charge is 0.507 e. The molecular formula is C25H19F2NO5. The summed E-state index contributed by atoms with van der Waals surface area (Å²) in [5.41, 5.74) is -0.0795. The number of hydrogen-bond acceptors (Lipinski definition) is 5. The van der Waals surface area contributed by atoms with Gasteiger partial charge >= 0.3 is 0 Å². The van der Waals surface area contributed by atoms with Gasteiger partial charge in [0.15, 0.2) is 0 Å². The normalized spacial score (nSPS) is 17.3. The smallest absolute Gasteiger partial charge is 0.300 e. The molecule has 3 aromatic carbocycles. The van der Waals surface area contributed by atoms with Gasteiger partial charge in [-0.2, -0.15) is 0 Å². The van der Waals surface area contributed by atoms with Crippen LogP contribution >= 0.6 is 0 Å². The minimum absolute atomic E-state index is 0.00978. The highest BCUT2D eigenvalue weighted by molar-refractivity contribution is 6.51. The first-order valence-electron chi connectivity index (χ1n) is 9.90. The molecule has 168 valence electrons. The van der Waals surface area contributed by atoms with E-state index in [1.165, 1.54) is 56.7 Å². The lowest BCUT2D eigenvalue weighted by atomic mass is 9.94. The van der Waals surface area contributed by atoms with E-state index < -0.39 is 35.1 Å². The molecule has 0 radical (unpaired) electrons. The summed E-state index contributed by atoms with van der Waals surface area (Å²) in [6, 6.07) is 13.7. The molecule has 0 spiro atoms. The highest BCUT2D eigenvalue weighted by atomic mass is 19.1. The molecule has 1 aliphatic rings. The molecule has 1 atom stereocenters. The molecule has 1 aliphatic heterocycles. The van der Waals surface area contributed by atoms with Crippen LogP contribution in [0.2, 0.25) is 0 Å². The molecule has 8 heteroatoms. The van der Waals surface area contributed by atoms with Crippen LogP contribution in [0.1, 0.15) is 17.2 Å². The number of Topliss-reactive ketones (excluding diaryl/α,β-unsaturated/α-hetero) is 1. The predicted molar refractivity (Wildman–Crippen MR) is 117 cm³/mol. The molecule has 3 aromatic rings. The highest BCUT2D eigenvalue weighted by Crippen LogP contribution is 2.44. The van der Waals surface area contributed by atoms with Crippen LogP contribution in [0.3, 0.4) is 0 Å². The molecule has 1 saturated heterocycles. The number of benzene rings is 3. The molecule has 0 aliphatic carbocycles. The third kappa shape index (κ3) is 3.80. The number of halogens is 2. The van der Waals surface area contributed by atoms with Gasteiger partial charge in [-0.05, 0) is 48.5 Å². The van der Waals surface area contributed by atoms with E-state index in [4.69, 9.17) is 9.47 Å². The van der Waals surface area contributed by atoms with Gasteiger partial charge in [0.2, 0.25) is 0 Å². The molecule has 6 nitrogen and oxygen atoms in total. The lowest BCUT2D eigenvalue weighted by Gasteiger charge is -2.26. The van der Waals surface area contributed by atoms with Gasteiger partial charge in [0.1, 0.15) is 28.9 Å². The van der Waals surface area contributed by atoms with Crippen LogP contribution in [0.5, 0.6) is 11.5 Å². The summed E-state index contributed by atoms with van der Waals surface area (Å²) in [6.45, 7) is 0. The van der Waals surface area contributed by atoms with Gasteiger partial charge in [0.25, 0.3) is 11.7 Å². The third-order valence-electron chi connectivity index (χ3n) is 5.41. The molecule has 33 heavy (non-hydrogen) atoms. The van der Waals surface area contributed by atoms with Crippen LogP contribution in [0, 0.1) is 11.6 Å². The number of aliphatic hydroxyl groups is 1. The fourth-order valence-corrected chi connectivity index (χ4v) is 3.84. The Labute approximate surface area is 188 Å². The van der Waals surface area contributed by atoms with Gasteiger partial charge in [0.05, 0.1) is 31.4 Å². The molecule has 1 N–H and O–H groups in total. The highest BCUT2D eigenvalue weighted by Gasteiger charge is 2.48. The van der Waals surface area contributed by atoms with Crippen molar-refractivity contribution in [3.8, 4) is 11.5 Å². The van der Waals surface area contributed by atoms with Crippen molar-refractivity contribution in [2.75, 3.05) is 19.1 Å². The van der Waals surface area contributed by atoms with E-state index in [0.29, 0.717) is 5.75 Å². The van der Waals surface area contributed by atoms with E-state index in [2.05, 4.69) is 0 Å². The van der Waals surface area contributed by atoms with Crippen LogP contribution in [0.25, 0.3) is 5.76 Å². The second-order valence-electron chi connectivity index (χ2n) is 7.23. The average Bonchev–Trinajstić information content (AvgIpc) is 3.09. The van der Waals surface area contributed by atoms with Crippen LogP contribution < -0.4 is 14.4 Å². The maximum Gasteiger partial charge on any atom is 0.300 e. The van der Waals surface area contributed by atoms with Gasteiger partial charge in [-0.25, -0.2) is 8.78 Å². The standard InChI is InChI=1S/C25H19F2NO5/c1-32-16-11-12-20(33-2)18(13-16)23(29)21-22(17-5-3-4-6-19(17)27)28(25(31)24(21)30)15-9-7-14(26)8-10-15/h3-13,22,29H,1-2H3/b23-21+. The molecule has 0 saturated carbocycles. The van der Waals surface area contributed by atoms with Crippen molar-refractivity contribution in [3.05, 3.63) is 95.1 Å². The average molecular weight is 451 g/mol. The Kier molecular flexibility index (Phi) is 5.83. The van der Waals surface area contributed by atoms with E-state index in [9.17, 15) is 23.5 Å². The fraction of sp³-hybridized carbons (Fsp3) is 0.120. The molecule has 4 rings (SSSR count). The van der Waals surface area contributed by atoms with Crippen molar-refractivity contribution >= 4 is 23.1 Å². The van der Waals surface area contributed by atoms with E-state index in [1.807, 2.05) is 0 Å². The summed E-state index contributed by atoms with van der Waals surface area (Å²) in [4.78, 5) is 27.3. The number of amides is 1.